The number of benzene rings is 2. The van der Waals surface area contributed by atoms with Crippen LogP contribution in [0.1, 0.15) is 23.2 Å². The van der Waals surface area contributed by atoms with E-state index >= 15 is 0 Å². The number of aromatic nitrogens is 2. The maximum Gasteiger partial charge on any atom is 0.247 e. The summed E-state index contributed by atoms with van der Waals surface area (Å²) in [4.78, 5) is 11.2. The molecule has 0 unspecified atom stereocenters. The van der Waals surface area contributed by atoms with Crippen molar-refractivity contribution < 1.29 is 9.21 Å². The Kier molecular flexibility index (Phi) is 3.96. The van der Waals surface area contributed by atoms with Gasteiger partial charge >= 0.3 is 0 Å². The Morgan fingerprint density at radius 1 is 1.05 bits per heavy atom. The smallest absolute Gasteiger partial charge is 0.247 e. The van der Waals surface area contributed by atoms with E-state index in [4.69, 9.17) is 4.42 Å². The van der Waals surface area contributed by atoms with Crippen LogP contribution in [-0.2, 0) is 6.54 Å². The zero-order valence-electron chi connectivity index (χ0n) is 12.1. The fraction of sp³-hybridized carbons (Fsp3) is 0.118. The predicted octanol–water partition coefficient (Wildman–Crippen LogP) is 3.55. The van der Waals surface area contributed by atoms with Crippen LogP contribution < -0.4 is 5.32 Å². The monoisotopic (exact) mass is 293 g/mol. The molecule has 0 aliphatic carbocycles. The Morgan fingerprint density at radius 2 is 1.77 bits per heavy atom. The number of hydrogen-bond donors (Lipinski definition) is 1. The quantitative estimate of drug-likeness (QED) is 0.729. The second kappa shape index (κ2) is 6.22. The average molecular weight is 293 g/mol. The van der Waals surface area contributed by atoms with Gasteiger partial charge in [-0.05, 0) is 43.3 Å². The van der Waals surface area contributed by atoms with Gasteiger partial charge in [-0.1, -0.05) is 18.2 Å². The lowest BCUT2D eigenvalue weighted by atomic mass is 10.1. The molecular weight excluding hydrogens is 278 g/mol. The van der Waals surface area contributed by atoms with E-state index in [0.29, 0.717) is 23.9 Å². The highest BCUT2D eigenvalue weighted by Gasteiger charge is 2.07. The van der Waals surface area contributed by atoms with Crippen molar-refractivity contribution in [2.45, 2.75) is 13.5 Å². The third-order valence-corrected chi connectivity index (χ3v) is 3.22. The van der Waals surface area contributed by atoms with Crippen molar-refractivity contribution in [3.05, 3.63) is 66.1 Å². The Morgan fingerprint density at radius 3 is 2.45 bits per heavy atom. The van der Waals surface area contributed by atoms with Crippen LogP contribution in [0.3, 0.4) is 0 Å². The highest BCUT2D eigenvalue weighted by atomic mass is 16.4. The summed E-state index contributed by atoms with van der Waals surface area (Å²) in [7, 11) is 0. The van der Waals surface area contributed by atoms with Gasteiger partial charge in [0.2, 0.25) is 11.8 Å². The fourth-order valence-corrected chi connectivity index (χ4v) is 2.02. The highest BCUT2D eigenvalue weighted by Crippen LogP contribution is 2.17. The molecule has 1 aromatic heterocycles. The van der Waals surface area contributed by atoms with Crippen LogP contribution in [0.5, 0.6) is 0 Å². The molecule has 0 bridgehead atoms. The predicted molar refractivity (Wildman–Crippen MR) is 83.5 cm³/mol. The summed E-state index contributed by atoms with van der Waals surface area (Å²) in [6.07, 6.45) is 0. The number of Topliss-reactive ketones (excluding diaryl/α,β-unsaturated/α-hetero) is 1. The minimum atomic E-state index is 0.0518. The maximum atomic E-state index is 11.2. The van der Waals surface area contributed by atoms with Crippen LogP contribution in [0, 0.1) is 0 Å². The molecule has 0 atom stereocenters. The van der Waals surface area contributed by atoms with Gasteiger partial charge < -0.3 is 9.73 Å². The third kappa shape index (κ3) is 3.20. The zero-order chi connectivity index (χ0) is 15.4. The van der Waals surface area contributed by atoms with Crippen molar-refractivity contribution in [1.82, 2.24) is 10.2 Å². The SMILES string of the molecule is CC(=O)c1ccc(NCc2nnc(-c3ccccc3)o2)cc1. The molecule has 0 spiro atoms. The van der Waals surface area contributed by atoms with E-state index in [1.165, 1.54) is 0 Å². The molecule has 0 amide bonds. The summed E-state index contributed by atoms with van der Waals surface area (Å²) in [5.41, 5.74) is 2.48. The van der Waals surface area contributed by atoms with Crippen molar-refractivity contribution >= 4 is 11.5 Å². The van der Waals surface area contributed by atoms with E-state index in [-0.39, 0.29) is 5.78 Å². The van der Waals surface area contributed by atoms with Gasteiger partial charge in [-0.15, -0.1) is 10.2 Å². The lowest BCUT2D eigenvalue weighted by molar-refractivity contribution is 0.101. The summed E-state index contributed by atoms with van der Waals surface area (Å²) >= 11 is 0. The van der Waals surface area contributed by atoms with E-state index < -0.39 is 0 Å². The number of rotatable bonds is 5. The molecule has 1 N–H and O–H groups in total. The zero-order valence-corrected chi connectivity index (χ0v) is 12.1. The van der Waals surface area contributed by atoms with Gasteiger partial charge in [-0.3, -0.25) is 4.79 Å². The highest BCUT2D eigenvalue weighted by molar-refractivity contribution is 5.94. The third-order valence-electron chi connectivity index (χ3n) is 3.22. The summed E-state index contributed by atoms with van der Waals surface area (Å²) in [5, 5.41) is 11.2. The van der Waals surface area contributed by atoms with Gasteiger partial charge in [0.15, 0.2) is 5.78 Å². The van der Waals surface area contributed by atoms with Crippen molar-refractivity contribution in [2.24, 2.45) is 0 Å². The van der Waals surface area contributed by atoms with Gasteiger partial charge in [0.1, 0.15) is 0 Å². The van der Waals surface area contributed by atoms with Gasteiger partial charge in [0.05, 0.1) is 6.54 Å². The molecule has 0 aliphatic rings. The summed E-state index contributed by atoms with van der Waals surface area (Å²) < 4.78 is 5.61. The number of ketones is 1. The lowest BCUT2D eigenvalue weighted by Crippen LogP contribution is -2.00. The Balaban J connectivity index is 1.65. The Labute approximate surface area is 128 Å². The van der Waals surface area contributed by atoms with Gasteiger partial charge in [0.25, 0.3) is 0 Å². The van der Waals surface area contributed by atoms with Gasteiger partial charge in [-0.25, -0.2) is 0 Å². The largest absolute Gasteiger partial charge is 0.419 e. The molecule has 22 heavy (non-hydrogen) atoms. The first kappa shape index (κ1) is 14.0. The van der Waals surface area contributed by atoms with Crippen molar-refractivity contribution in [1.29, 1.82) is 0 Å². The van der Waals surface area contributed by atoms with Crippen molar-refractivity contribution in [3.63, 3.8) is 0 Å². The summed E-state index contributed by atoms with van der Waals surface area (Å²) in [5.74, 6) is 1.06. The minimum absolute atomic E-state index is 0.0518. The van der Waals surface area contributed by atoms with Crippen LogP contribution in [0.25, 0.3) is 11.5 Å². The van der Waals surface area contributed by atoms with E-state index in [9.17, 15) is 4.79 Å². The Hall–Kier alpha value is -2.95. The van der Waals surface area contributed by atoms with Gasteiger partial charge in [-0.2, -0.15) is 0 Å². The number of nitrogens with zero attached hydrogens (tertiary/aromatic N) is 2. The molecule has 2 aromatic carbocycles. The standard InChI is InChI=1S/C17H15N3O2/c1-12(21)13-7-9-15(10-8-13)18-11-16-19-20-17(22-16)14-5-3-2-4-6-14/h2-10,18H,11H2,1H3. The minimum Gasteiger partial charge on any atom is -0.419 e. The van der Waals surface area contributed by atoms with Crippen LogP contribution >= 0.6 is 0 Å². The first-order valence-electron chi connectivity index (χ1n) is 6.95. The second-order valence-electron chi connectivity index (χ2n) is 4.85. The lowest BCUT2D eigenvalue weighted by Gasteiger charge is -2.03. The number of anilines is 1. The molecule has 0 radical (unpaired) electrons. The normalized spacial score (nSPS) is 10.4. The van der Waals surface area contributed by atoms with Crippen molar-refractivity contribution in [2.75, 3.05) is 5.32 Å². The molecule has 0 saturated heterocycles. The second-order valence-corrected chi connectivity index (χ2v) is 4.85. The molecule has 0 fully saturated rings. The van der Waals surface area contributed by atoms with Crippen LogP contribution in [0.4, 0.5) is 5.69 Å². The Bertz CT molecular complexity index is 764. The molecule has 1 heterocycles. The average Bonchev–Trinajstić information content (AvgIpc) is 3.03. The number of carbonyl (C=O) groups is 1. The maximum absolute atomic E-state index is 11.2. The first-order chi connectivity index (χ1) is 10.7. The summed E-state index contributed by atoms with van der Waals surface area (Å²) in [6.45, 7) is 1.98. The molecular formula is C17H15N3O2. The van der Waals surface area contributed by atoms with E-state index in [1.54, 1.807) is 19.1 Å². The van der Waals surface area contributed by atoms with Crippen molar-refractivity contribution in [3.8, 4) is 11.5 Å². The number of nitrogens with one attached hydrogen (secondary N) is 1. The van der Waals surface area contributed by atoms with E-state index in [1.807, 2.05) is 42.5 Å². The topological polar surface area (TPSA) is 68.0 Å². The molecule has 5 heteroatoms. The number of carbonyl (C=O) groups excluding carboxylic acids is 1. The van der Waals surface area contributed by atoms with Gasteiger partial charge in [0, 0.05) is 16.8 Å². The molecule has 3 aromatic rings. The fourth-order valence-electron chi connectivity index (χ4n) is 2.02. The number of hydrogen-bond acceptors (Lipinski definition) is 5. The molecule has 110 valence electrons. The first-order valence-corrected chi connectivity index (χ1v) is 6.95. The molecule has 3 rings (SSSR count). The molecule has 0 saturated carbocycles. The van der Waals surface area contributed by atoms with E-state index in [0.717, 1.165) is 11.3 Å². The summed E-state index contributed by atoms with van der Waals surface area (Å²) in [6, 6.07) is 16.9. The van der Waals surface area contributed by atoms with E-state index in [2.05, 4.69) is 15.5 Å². The van der Waals surface area contributed by atoms with Crippen LogP contribution in [-0.4, -0.2) is 16.0 Å². The van der Waals surface area contributed by atoms with Crippen LogP contribution in [0.15, 0.2) is 59.0 Å². The molecule has 5 nitrogen and oxygen atoms in total. The molecule has 0 aliphatic heterocycles. The van der Waals surface area contributed by atoms with Crippen LogP contribution in [0.2, 0.25) is 0 Å².